The van der Waals surface area contributed by atoms with Gasteiger partial charge in [-0.05, 0) is 6.42 Å². The van der Waals surface area contributed by atoms with Gasteiger partial charge in [0.05, 0.1) is 6.20 Å². The van der Waals surface area contributed by atoms with Gasteiger partial charge in [-0.15, -0.1) is 5.10 Å². The quantitative estimate of drug-likeness (QED) is 0.327. The lowest BCUT2D eigenvalue weighted by Crippen LogP contribution is -2.33. The van der Waals surface area contributed by atoms with Crippen molar-refractivity contribution >= 4 is 11.7 Å². The van der Waals surface area contributed by atoms with Gasteiger partial charge in [0.25, 0.3) is 0 Å². The van der Waals surface area contributed by atoms with Crippen LogP contribution >= 0.6 is 0 Å². The zero-order valence-corrected chi connectivity index (χ0v) is 10.5. The fraction of sp³-hybridized carbons (Fsp3) is 0.700. The summed E-state index contributed by atoms with van der Waals surface area (Å²) < 4.78 is 1.85. The number of amidine groups is 1. The maximum absolute atomic E-state index is 8.60. The summed E-state index contributed by atoms with van der Waals surface area (Å²) in [5.41, 5.74) is 5.55. The monoisotopic (exact) mass is 240 g/mol. The second-order valence-electron chi connectivity index (χ2n) is 4.12. The summed E-state index contributed by atoms with van der Waals surface area (Å²) in [6.45, 7) is 5.47. The van der Waals surface area contributed by atoms with Gasteiger partial charge in [0, 0.05) is 26.1 Å². The number of hydrogen-bond acceptors (Lipinski definition) is 5. The third kappa shape index (κ3) is 3.33. The van der Waals surface area contributed by atoms with E-state index in [1.807, 2.05) is 23.6 Å². The Bertz CT molecular complexity index is 375. The molecule has 0 amide bonds. The van der Waals surface area contributed by atoms with E-state index in [-0.39, 0.29) is 11.8 Å². The Hall–Kier alpha value is -1.79. The first-order chi connectivity index (χ1) is 8.10. The van der Waals surface area contributed by atoms with Gasteiger partial charge >= 0.3 is 0 Å². The number of nitrogens with zero attached hydrogens (tertiary/aromatic N) is 5. The van der Waals surface area contributed by atoms with Crippen LogP contribution in [0.25, 0.3) is 0 Å². The highest BCUT2D eigenvalue weighted by atomic mass is 16.4. The van der Waals surface area contributed by atoms with Gasteiger partial charge in [-0.2, -0.15) is 0 Å². The fourth-order valence-electron chi connectivity index (χ4n) is 1.62. The van der Waals surface area contributed by atoms with Crippen molar-refractivity contribution in [3.8, 4) is 0 Å². The van der Waals surface area contributed by atoms with Crippen molar-refractivity contribution in [1.29, 1.82) is 0 Å². The van der Waals surface area contributed by atoms with Gasteiger partial charge in [0.1, 0.15) is 11.7 Å². The van der Waals surface area contributed by atoms with Crippen LogP contribution in [0.2, 0.25) is 0 Å². The lowest BCUT2D eigenvalue weighted by Gasteiger charge is -2.22. The molecule has 1 aromatic rings. The predicted molar refractivity (Wildman–Crippen MR) is 66.2 cm³/mol. The Balaban J connectivity index is 2.69. The average Bonchev–Trinajstić information content (AvgIpc) is 2.76. The third-order valence-electron chi connectivity index (χ3n) is 2.59. The summed E-state index contributed by atoms with van der Waals surface area (Å²) in [6, 6.07) is 0. The molecule has 3 N–H and O–H groups in total. The van der Waals surface area contributed by atoms with E-state index >= 15 is 0 Å². The molecule has 7 nitrogen and oxygen atoms in total. The number of rotatable bonds is 6. The van der Waals surface area contributed by atoms with Crippen molar-refractivity contribution in [1.82, 2.24) is 15.0 Å². The largest absolute Gasteiger partial charge is 0.409 e. The van der Waals surface area contributed by atoms with Crippen molar-refractivity contribution in [3.63, 3.8) is 0 Å². The van der Waals surface area contributed by atoms with Gasteiger partial charge in [-0.1, -0.05) is 24.2 Å². The molecule has 0 aliphatic heterocycles. The van der Waals surface area contributed by atoms with Crippen LogP contribution < -0.4 is 10.6 Å². The van der Waals surface area contributed by atoms with Crippen LogP contribution in [-0.4, -0.2) is 39.6 Å². The second kappa shape index (κ2) is 6.07. The molecule has 0 bridgehead atoms. The molecule has 0 saturated carbocycles. The van der Waals surface area contributed by atoms with E-state index in [0.29, 0.717) is 6.54 Å². The van der Waals surface area contributed by atoms with E-state index in [1.54, 1.807) is 6.20 Å². The predicted octanol–water partition coefficient (Wildman–Crippen LogP) is 0.507. The summed E-state index contributed by atoms with van der Waals surface area (Å²) >= 11 is 0. The summed E-state index contributed by atoms with van der Waals surface area (Å²) in [5.74, 6) is 1.13. The van der Waals surface area contributed by atoms with E-state index in [4.69, 9.17) is 10.9 Å². The van der Waals surface area contributed by atoms with Crippen LogP contribution in [0.15, 0.2) is 11.4 Å². The molecule has 0 radical (unpaired) electrons. The van der Waals surface area contributed by atoms with E-state index in [9.17, 15) is 0 Å². The van der Waals surface area contributed by atoms with E-state index in [1.165, 1.54) is 0 Å². The summed E-state index contributed by atoms with van der Waals surface area (Å²) in [6.07, 6.45) is 2.72. The summed E-state index contributed by atoms with van der Waals surface area (Å²) in [5, 5.41) is 19.5. The molecule has 1 aromatic heterocycles. The topological polar surface area (TPSA) is 92.6 Å². The molecule has 0 aromatic carbocycles. The van der Waals surface area contributed by atoms with E-state index in [2.05, 4.69) is 22.4 Å². The molecule has 0 fully saturated rings. The molecule has 1 heterocycles. The van der Waals surface area contributed by atoms with E-state index < -0.39 is 0 Å². The minimum Gasteiger partial charge on any atom is -0.409 e. The number of nitrogens with two attached hydrogens (primary N) is 1. The Morgan fingerprint density at radius 2 is 2.41 bits per heavy atom. The standard InChI is InChI=1S/C10H20N6O/c1-4-5-16-9(6-12-14-16)15(3)7-8(2)10(11)13-17/h6,8,17H,4-5,7H2,1-3H3,(H2,11,13). The molecule has 0 aliphatic rings. The van der Waals surface area contributed by atoms with E-state index in [0.717, 1.165) is 18.8 Å². The van der Waals surface area contributed by atoms with Crippen molar-refractivity contribution in [2.75, 3.05) is 18.5 Å². The molecular formula is C10H20N6O. The molecule has 0 saturated heterocycles. The van der Waals surface area contributed by atoms with Gasteiger partial charge in [-0.3, -0.25) is 0 Å². The molecular weight excluding hydrogens is 220 g/mol. The van der Waals surface area contributed by atoms with Crippen LogP contribution in [0.1, 0.15) is 20.3 Å². The SMILES string of the molecule is CCCn1nncc1N(C)CC(C)/C(N)=N/O. The molecule has 96 valence electrons. The van der Waals surface area contributed by atoms with Crippen molar-refractivity contribution in [2.45, 2.75) is 26.8 Å². The van der Waals surface area contributed by atoms with Crippen LogP contribution in [0.3, 0.4) is 0 Å². The Kier molecular flexibility index (Phi) is 4.74. The number of aryl methyl sites for hydroxylation is 1. The first kappa shape index (κ1) is 13.3. The molecule has 0 aliphatic carbocycles. The molecule has 1 rings (SSSR count). The van der Waals surface area contributed by atoms with Crippen LogP contribution in [0.5, 0.6) is 0 Å². The molecule has 0 spiro atoms. The smallest absolute Gasteiger partial charge is 0.147 e. The lowest BCUT2D eigenvalue weighted by molar-refractivity contribution is 0.314. The van der Waals surface area contributed by atoms with Crippen molar-refractivity contribution < 1.29 is 5.21 Å². The molecule has 1 atom stereocenters. The maximum Gasteiger partial charge on any atom is 0.147 e. The number of aromatic nitrogens is 3. The highest BCUT2D eigenvalue weighted by molar-refractivity contribution is 5.82. The van der Waals surface area contributed by atoms with Gasteiger partial charge < -0.3 is 15.8 Å². The highest BCUT2D eigenvalue weighted by Gasteiger charge is 2.14. The molecule has 7 heteroatoms. The summed E-state index contributed by atoms with van der Waals surface area (Å²) in [7, 11) is 1.94. The van der Waals surface area contributed by atoms with Gasteiger partial charge in [0.15, 0.2) is 0 Å². The minimum atomic E-state index is -0.0324. The minimum absolute atomic E-state index is 0.0324. The first-order valence-electron chi connectivity index (χ1n) is 5.67. The Morgan fingerprint density at radius 3 is 3.00 bits per heavy atom. The number of anilines is 1. The second-order valence-corrected chi connectivity index (χ2v) is 4.12. The fourth-order valence-corrected chi connectivity index (χ4v) is 1.62. The van der Waals surface area contributed by atoms with Crippen molar-refractivity contribution in [2.24, 2.45) is 16.8 Å². The average molecular weight is 240 g/mol. The molecule has 17 heavy (non-hydrogen) atoms. The maximum atomic E-state index is 8.60. The number of hydrogen-bond donors (Lipinski definition) is 2. The Morgan fingerprint density at radius 1 is 1.71 bits per heavy atom. The van der Waals surface area contributed by atoms with Crippen LogP contribution in [-0.2, 0) is 6.54 Å². The van der Waals surface area contributed by atoms with Crippen molar-refractivity contribution in [3.05, 3.63) is 6.20 Å². The molecule has 1 unspecified atom stereocenters. The normalized spacial score (nSPS) is 13.7. The third-order valence-corrected chi connectivity index (χ3v) is 2.59. The number of oxime groups is 1. The van der Waals surface area contributed by atoms with Crippen LogP contribution in [0, 0.1) is 5.92 Å². The lowest BCUT2D eigenvalue weighted by atomic mass is 10.1. The zero-order chi connectivity index (χ0) is 12.8. The Labute approximate surface area is 101 Å². The van der Waals surface area contributed by atoms with Gasteiger partial charge in [0.2, 0.25) is 0 Å². The van der Waals surface area contributed by atoms with Gasteiger partial charge in [-0.25, -0.2) is 4.68 Å². The zero-order valence-electron chi connectivity index (χ0n) is 10.5. The summed E-state index contributed by atoms with van der Waals surface area (Å²) in [4.78, 5) is 2.00. The highest BCUT2D eigenvalue weighted by Crippen LogP contribution is 2.12. The van der Waals surface area contributed by atoms with Crippen LogP contribution in [0.4, 0.5) is 5.82 Å². The first-order valence-corrected chi connectivity index (χ1v) is 5.67.